The van der Waals surface area contributed by atoms with Crippen molar-refractivity contribution in [2.24, 2.45) is 0 Å². The smallest absolute Gasteiger partial charge is 0.144 e. The van der Waals surface area contributed by atoms with Crippen molar-refractivity contribution in [3.8, 4) is 0 Å². The van der Waals surface area contributed by atoms with Gasteiger partial charge in [0, 0.05) is 24.8 Å². The van der Waals surface area contributed by atoms with Crippen LogP contribution in [0.3, 0.4) is 0 Å². The molecule has 0 aliphatic rings. The Kier molecular flexibility index (Phi) is 5.03. The molecule has 0 atom stereocenters. The third-order valence-electron chi connectivity index (χ3n) is 2.04. The molecule has 0 fully saturated rings. The lowest BCUT2D eigenvalue weighted by Gasteiger charge is -2.12. The Labute approximate surface area is 103 Å². The van der Waals surface area contributed by atoms with E-state index in [4.69, 9.17) is 11.6 Å². The number of pyridine rings is 1. The highest BCUT2D eigenvalue weighted by Gasteiger charge is 2.05. The fraction of sp³-hybridized carbons (Fsp3) is 0.583. The number of hydrogen-bond donors (Lipinski definition) is 2. The maximum atomic E-state index is 6.14. The molecule has 0 unspecified atom stereocenters. The number of anilines is 1. The van der Waals surface area contributed by atoms with Crippen LogP contribution < -0.4 is 10.6 Å². The fourth-order valence-corrected chi connectivity index (χ4v) is 1.52. The maximum Gasteiger partial charge on any atom is 0.144 e. The van der Waals surface area contributed by atoms with Gasteiger partial charge in [0.15, 0.2) is 0 Å². The van der Waals surface area contributed by atoms with Gasteiger partial charge < -0.3 is 10.6 Å². The second kappa shape index (κ2) is 6.06. The first-order valence-corrected chi connectivity index (χ1v) is 6.01. The van der Waals surface area contributed by atoms with Crippen molar-refractivity contribution in [2.45, 2.75) is 46.3 Å². The molecular weight excluding hydrogens is 222 g/mol. The minimum Gasteiger partial charge on any atom is -0.367 e. The third-order valence-corrected chi connectivity index (χ3v) is 2.33. The van der Waals surface area contributed by atoms with E-state index in [1.54, 1.807) is 0 Å². The molecule has 0 radical (unpaired) electrons. The van der Waals surface area contributed by atoms with Gasteiger partial charge in [-0.05, 0) is 25.5 Å². The molecule has 0 aliphatic heterocycles. The first kappa shape index (κ1) is 13.3. The number of halogens is 1. The van der Waals surface area contributed by atoms with Crippen molar-refractivity contribution in [1.82, 2.24) is 10.3 Å². The van der Waals surface area contributed by atoms with Crippen LogP contribution in [-0.2, 0) is 6.54 Å². The van der Waals surface area contributed by atoms with E-state index in [0.717, 1.165) is 17.9 Å². The molecule has 1 rings (SSSR count). The Morgan fingerprint density at radius 2 is 1.94 bits per heavy atom. The van der Waals surface area contributed by atoms with E-state index in [0.29, 0.717) is 17.1 Å². The van der Waals surface area contributed by atoms with Crippen LogP contribution in [0.15, 0.2) is 12.3 Å². The lowest BCUT2D eigenvalue weighted by Crippen LogP contribution is -2.22. The number of nitrogens with zero attached hydrogens (tertiary/aromatic N) is 1. The van der Waals surface area contributed by atoms with Crippen LogP contribution in [0.25, 0.3) is 0 Å². The van der Waals surface area contributed by atoms with Gasteiger partial charge in [-0.2, -0.15) is 0 Å². The molecule has 0 aliphatic carbocycles. The van der Waals surface area contributed by atoms with E-state index in [1.807, 2.05) is 12.3 Å². The van der Waals surface area contributed by atoms with E-state index in [2.05, 4.69) is 43.3 Å². The number of nitrogens with one attached hydrogen (secondary N) is 2. The van der Waals surface area contributed by atoms with E-state index in [9.17, 15) is 0 Å². The minimum atomic E-state index is 0.338. The maximum absolute atomic E-state index is 6.14. The lowest BCUT2D eigenvalue weighted by atomic mass is 10.2. The van der Waals surface area contributed by atoms with E-state index in [-0.39, 0.29) is 0 Å². The highest BCUT2D eigenvalue weighted by molar-refractivity contribution is 6.32. The van der Waals surface area contributed by atoms with Gasteiger partial charge in [-0.3, -0.25) is 0 Å². The summed E-state index contributed by atoms with van der Waals surface area (Å²) in [7, 11) is 0. The molecule has 0 amide bonds. The summed E-state index contributed by atoms with van der Waals surface area (Å²) in [5.74, 6) is 0.755. The molecule has 1 aromatic rings. The predicted molar refractivity (Wildman–Crippen MR) is 70.0 cm³/mol. The van der Waals surface area contributed by atoms with Crippen LogP contribution in [0.1, 0.15) is 33.3 Å². The van der Waals surface area contributed by atoms with E-state index < -0.39 is 0 Å². The average molecular weight is 242 g/mol. The number of hydrogen-bond acceptors (Lipinski definition) is 3. The average Bonchev–Trinajstić information content (AvgIpc) is 2.18. The zero-order chi connectivity index (χ0) is 12.1. The Morgan fingerprint density at radius 1 is 1.25 bits per heavy atom. The Morgan fingerprint density at radius 3 is 2.44 bits per heavy atom. The fourth-order valence-electron chi connectivity index (χ4n) is 1.28. The van der Waals surface area contributed by atoms with Gasteiger partial charge in [-0.25, -0.2) is 4.98 Å². The zero-order valence-corrected chi connectivity index (χ0v) is 11.1. The molecule has 1 aromatic heterocycles. The number of aromatic nitrogens is 1. The second-order valence-electron chi connectivity index (χ2n) is 4.51. The predicted octanol–water partition coefficient (Wildman–Crippen LogP) is 3.05. The molecule has 0 bridgehead atoms. The van der Waals surface area contributed by atoms with Gasteiger partial charge in [-0.1, -0.05) is 25.4 Å². The SMILES string of the molecule is CC(C)NCc1cnc(NC(C)C)c(Cl)c1. The zero-order valence-electron chi connectivity index (χ0n) is 10.3. The molecule has 1 heterocycles. The molecule has 90 valence electrons. The van der Waals surface area contributed by atoms with Crippen LogP contribution in [-0.4, -0.2) is 17.1 Å². The van der Waals surface area contributed by atoms with E-state index in [1.165, 1.54) is 0 Å². The second-order valence-corrected chi connectivity index (χ2v) is 4.92. The molecule has 0 spiro atoms. The molecule has 0 aromatic carbocycles. The summed E-state index contributed by atoms with van der Waals surface area (Å²) in [5, 5.41) is 7.21. The van der Waals surface area contributed by atoms with Crippen molar-refractivity contribution in [3.05, 3.63) is 22.8 Å². The largest absolute Gasteiger partial charge is 0.367 e. The highest BCUT2D eigenvalue weighted by atomic mass is 35.5. The van der Waals surface area contributed by atoms with Gasteiger partial charge in [0.25, 0.3) is 0 Å². The van der Waals surface area contributed by atoms with Gasteiger partial charge in [0.1, 0.15) is 5.82 Å². The summed E-state index contributed by atoms with van der Waals surface area (Å²) < 4.78 is 0. The van der Waals surface area contributed by atoms with Crippen LogP contribution in [0.2, 0.25) is 5.02 Å². The molecule has 0 saturated heterocycles. The molecule has 4 heteroatoms. The summed E-state index contributed by atoms with van der Waals surface area (Å²) in [6, 6.07) is 2.76. The van der Waals surface area contributed by atoms with Crippen LogP contribution in [0, 0.1) is 0 Å². The summed E-state index contributed by atoms with van der Waals surface area (Å²) in [5.41, 5.74) is 1.10. The molecular formula is C12H20ClN3. The highest BCUT2D eigenvalue weighted by Crippen LogP contribution is 2.20. The summed E-state index contributed by atoms with van der Waals surface area (Å²) >= 11 is 6.14. The van der Waals surface area contributed by atoms with Crippen LogP contribution in [0.5, 0.6) is 0 Å². The Hall–Kier alpha value is -0.800. The lowest BCUT2D eigenvalue weighted by molar-refractivity contribution is 0.588. The monoisotopic (exact) mass is 241 g/mol. The third kappa shape index (κ3) is 4.37. The van der Waals surface area contributed by atoms with Crippen molar-refractivity contribution in [3.63, 3.8) is 0 Å². The molecule has 3 nitrogen and oxygen atoms in total. The summed E-state index contributed by atoms with van der Waals surface area (Å²) in [6.45, 7) is 9.15. The normalized spacial score (nSPS) is 11.2. The van der Waals surface area contributed by atoms with Crippen molar-refractivity contribution in [2.75, 3.05) is 5.32 Å². The van der Waals surface area contributed by atoms with E-state index >= 15 is 0 Å². The summed E-state index contributed by atoms with van der Waals surface area (Å²) in [6.07, 6.45) is 1.85. The van der Waals surface area contributed by atoms with Crippen molar-refractivity contribution < 1.29 is 0 Å². The molecule has 2 N–H and O–H groups in total. The Bertz CT molecular complexity index is 337. The first-order chi connectivity index (χ1) is 7.49. The van der Waals surface area contributed by atoms with Crippen molar-refractivity contribution >= 4 is 17.4 Å². The standard InChI is InChI=1S/C12H20ClN3/c1-8(2)14-6-10-5-11(13)12(15-7-10)16-9(3)4/h5,7-9,14H,6H2,1-4H3,(H,15,16). The van der Waals surface area contributed by atoms with Crippen LogP contribution >= 0.6 is 11.6 Å². The van der Waals surface area contributed by atoms with Gasteiger partial charge in [-0.15, -0.1) is 0 Å². The van der Waals surface area contributed by atoms with Gasteiger partial charge in [0.05, 0.1) is 5.02 Å². The summed E-state index contributed by atoms with van der Waals surface area (Å²) in [4.78, 5) is 4.31. The van der Waals surface area contributed by atoms with Gasteiger partial charge in [0.2, 0.25) is 0 Å². The molecule has 16 heavy (non-hydrogen) atoms. The topological polar surface area (TPSA) is 37.0 Å². The van der Waals surface area contributed by atoms with Gasteiger partial charge >= 0.3 is 0 Å². The quantitative estimate of drug-likeness (QED) is 0.832. The number of rotatable bonds is 5. The Balaban J connectivity index is 2.67. The molecule has 0 saturated carbocycles. The van der Waals surface area contributed by atoms with Crippen molar-refractivity contribution in [1.29, 1.82) is 0 Å². The first-order valence-electron chi connectivity index (χ1n) is 5.63. The minimum absolute atomic E-state index is 0.338. The van der Waals surface area contributed by atoms with Crippen LogP contribution in [0.4, 0.5) is 5.82 Å².